The number of pyridine rings is 1. The molecule has 1 N–H and O–H groups in total. The molecule has 1 amide bonds. The molecule has 23 heavy (non-hydrogen) atoms. The number of nitrogens with zero attached hydrogens (tertiary/aromatic N) is 1. The van der Waals surface area contributed by atoms with Gasteiger partial charge in [-0.2, -0.15) is 0 Å². The number of carbonyl (C=O) groups is 1. The van der Waals surface area contributed by atoms with Crippen molar-refractivity contribution in [3.8, 4) is 17.2 Å². The Morgan fingerprint density at radius 3 is 2.22 bits per heavy atom. The molecule has 0 fully saturated rings. The molecule has 0 unspecified atom stereocenters. The molecule has 1 aromatic carbocycles. The topological polar surface area (TPSA) is 78.8 Å². The van der Waals surface area contributed by atoms with Crippen LogP contribution in [0.15, 0.2) is 35.3 Å². The van der Waals surface area contributed by atoms with Crippen LogP contribution in [0, 0.1) is 0 Å². The molecule has 122 valence electrons. The molecular formula is C16H18N2O5. The van der Waals surface area contributed by atoms with E-state index in [1.54, 1.807) is 31.4 Å². The number of hydrogen-bond donors (Lipinski definition) is 1. The smallest absolute Gasteiger partial charge is 0.263 e. The summed E-state index contributed by atoms with van der Waals surface area (Å²) in [4.78, 5) is 24.3. The zero-order valence-electron chi connectivity index (χ0n) is 13.4. The van der Waals surface area contributed by atoms with Crippen molar-refractivity contribution in [2.45, 2.75) is 0 Å². The number of methoxy groups -OCH3 is 3. The van der Waals surface area contributed by atoms with E-state index in [2.05, 4.69) is 5.32 Å². The van der Waals surface area contributed by atoms with Gasteiger partial charge in [-0.1, -0.05) is 0 Å². The van der Waals surface area contributed by atoms with Gasteiger partial charge in [0.25, 0.3) is 11.5 Å². The van der Waals surface area contributed by atoms with Gasteiger partial charge in [0.05, 0.1) is 21.3 Å². The van der Waals surface area contributed by atoms with Gasteiger partial charge in [0, 0.05) is 31.1 Å². The Hall–Kier alpha value is -2.96. The lowest BCUT2D eigenvalue weighted by molar-refractivity contribution is 0.102. The second kappa shape index (κ2) is 6.87. The Morgan fingerprint density at radius 1 is 1.09 bits per heavy atom. The molecule has 0 aliphatic carbocycles. The highest BCUT2D eigenvalue weighted by atomic mass is 16.5. The number of carbonyl (C=O) groups excluding carboxylic acids is 1. The number of nitrogens with one attached hydrogen (secondary N) is 1. The van der Waals surface area contributed by atoms with Gasteiger partial charge in [-0.3, -0.25) is 9.59 Å². The lowest BCUT2D eigenvalue weighted by Gasteiger charge is -2.14. The van der Waals surface area contributed by atoms with Gasteiger partial charge in [-0.25, -0.2) is 0 Å². The highest BCUT2D eigenvalue weighted by Gasteiger charge is 2.16. The molecule has 2 aromatic rings. The molecule has 0 saturated heterocycles. The Kier molecular flexibility index (Phi) is 4.90. The third kappa shape index (κ3) is 3.28. The van der Waals surface area contributed by atoms with Gasteiger partial charge in [-0.05, 0) is 12.1 Å². The minimum atomic E-state index is -0.513. The van der Waals surface area contributed by atoms with Crippen LogP contribution in [0.3, 0.4) is 0 Å². The van der Waals surface area contributed by atoms with Crippen LogP contribution in [0.5, 0.6) is 17.2 Å². The molecule has 7 heteroatoms. The monoisotopic (exact) mass is 318 g/mol. The summed E-state index contributed by atoms with van der Waals surface area (Å²) in [6, 6.07) is 6.28. The number of rotatable bonds is 5. The standard InChI is InChI=1S/C16H18N2O5/c1-18-7-5-6-11(16(18)20)15(19)17-10-8-12(21-2)14(23-4)13(9-10)22-3/h5-9H,1-4H3,(H,17,19). The summed E-state index contributed by atoms with van der Waals surface area (Å²) in [5, 5.41) is 2.66. The zero-order chi connectivity index (χ0) is 17.0. The Morgan fingerprint density at radius 2 is 1.70 bits per heavy atom. The fourth-order valence-corrected chi connectivity index (χ4v) is 2.12. The molecule has 0 saturated carbocycles. The molecule has 0 bridgehead atoms. The molecule has 0 atom stereocenters. The summed E-state index contributed by atoms with van der Waals surface area (Å²) in [5.74, 6) is 0.718. The van der Waals surface area contributed by atoms with E-state index in [1.165, 1.54) is 32.0 Å². The van der Waals surface area contributed by atoms with Crippen molar-refractivity contribution in [1.29, 1.82) is 0 Å². The second-order valence-electron chi connectivity index (χ2n) is 4.71. The predicted octanol–water partition coefficient (Wildman–Crippen LogP) is 1.66. The quantitative estimate of drug-likeness (QED) is 0.907. The molecule has 1 heterocycles. The van der Waals surface area contributed by atoms with Crippen LogP contribution in [0.2, 0.25) is 0 Å². The van der Waals surface area contributed by atoms with Crippen molar-refractivity contribution in [2.75, 3.05) is 26.6 Å². The van der Waals surface area contributed by atoms with Gasteiger partial charge in [-0.15, -0.1) is 0 Å². The normalized spacial score (nSPS) is 10.1. The summed E-state index contributed by atoms with van der Waals surface area (Å²) in [6.45, 7) is 0. The number of anilines is 1. The maximum atomic E-state index is 12.3. The lowest BCUT2D eigenvalue weighted by Crippen LogP contribution is -2.27. The molecule has 0 radical (unpaired) electrons. The van der Waals surface area contributed by atoms with Crippen LogP contribution < -0.4 is 25.1 Å². The Balaban J connectivity index is 2.38. The number of hydrogen-bond acceptors (Lipinski definition) is 5. The predicted molar refractivity (Wildman–Crippen MR) is 85.7 cm³/mol. The average Bonchev–Trinajstić information content (AvgIpc) is 2.56. The highest BCUT2D eigenvalue weighted by molar-refractivity contribution is 6.04. The van der Waals surface area contributed by atoms with Crippen LogP contribution in [-0.4, -0.2) is 31.8 Å². The van der Waals surface area contributed by atoms with E-state index in [9.17, 15) is 9.59 Å². The number of benzene rings is 1. The largest absolute Gasteiger partial charge is 0.493 e. The van der Waals surface area contributed by atoms with Gasteiger partial charge < -0.3 is 24.1 Å². The Labute approximate surface area is 133 Å². The van der Waals surface area contributed by atoms with Gasteiger partial charge >= 0.3 is 0 Å². The highest BCUT2D eigenvalue weighted by Crippen LogP contribution is 2.39. The first-order valence-corrected chi connectivity index (χ1v) is 6.78. The maximum Gasteiger partial charge on any atom is 0.263 e. The molecule has 7 nitrogen and oxygen atoms in total. The minimum absolute atomic E-state index is 0.0451. The molecular weight excluding hydrogens is 300 g/mol. The van der Waals surface area contributed by atoms with Crippen molar-refractivity contribution in [1.82, 2.24) is 4.57 Å². The van der Waals surface area contributed by atoms with Crippen molar-refractivity contribution < 1.29 is 19.0 Å². The summed E-state index contributed by atoms with van der Waals surface area (Å²) in [7, 11) is 6.04. The van der Waals surface area contributed by atoms with Gasteiger partial charge in [0.1, 0.15) is 5.56 Å². The van der Waals surface area contributed by atoms with E-state index in [0.29, 0.717) is 22.9 Å². The lowest BCUT2D eigenvalue weighted by atomic mass is 10.2. The third-order valence-electron chi connectivity index (χ3n) is 3.29. The van der Waals surface area contributed by atoms with Crippen LogP contribution >= 0.6 is 0 Å². The number of ether oxygens (including phenoxy) is 3. The average molecular weight is 318 g/mol. The Bertz CT molecular complexity index is 757. The van der Waals surface area contributed by atoms with Crippen molar-refractivity contribution >= 4 is 11.6 Å². The van der Waals surface area contributed by atoms with E-state index in [1.807, 2.05) is 0 Å². The summed E-state index contributed by atoms with van der Waals surface area (Å²) >= 11 is 0. The van der Waals surface area contributed by atoms with E-state index >= 15 is 0 Å². The maximum absolute atomic E-state index is 12.3. The molecule has 1 aromatic heterocycles. The van der Waals surface area contributed by atoms with E-state index in [4.69, 9.17) is 14.2 Å². The van der Waals surface area contributed by atoms with E-state index < -0.39 is 5.91 Å². The zero-order valence-corrected chi connectivity index (χ0v) is 13.4. The SMILES string of the molecule is COc1cc(NC(=O)c2cccn(C)c2=O)cc(OC)c1OC. The van der Waals surface area contributed by atoms with Crippen molar-refractivity contribution in [3.05, 3.63) is 46.4 Å². The fraction of sp³-hybridized carbons (Fsp3) is 0.250. The number of aryl methyl sites for hydroxylation is 1. The van der Waals surface area contributed by atoms with Gasteiger partial charge in [0.15, 0.2) is 11.5 Å². The summed E-state index contributed by atoms with van der Waals surface area (Å²) in [5.41, 5.74) is 0.0941. The summed E-state index contributed by atoms with van der Waals surface area (Å²) in [6.07, 6.45) is 1.58. The first kappa shape index (κ1) is 16.4. The minimum Gasteiger partial charge on any atom is -0.493 e. The second-order valence-corrected chi connectivity index (χ2v) is 4.71. The molecule has 0 aliphatic heterocycles. The number of aromatic nitrogens is 1. The van der Waals surface area contributed by atoms with Gasteiger partial charge in [0.2, 0.25) is 5.75 Å². The molecule has 0 aliphatic rings. The summed E-state index contributed by atoms with van der Waals surface area (Å²) < 4.78 is 17.0. The van der Waals surface area contributed by atoms with Crippen molar-refractivity contribution in [3.63, 3.8) is 0 Å². The molecule has 2 rings (SSSR count). The van der Waals surface area contributed by atoms with Crippen molar-refractivity contribution in [2.24, 2.45) is 7.05 Å². The van der Waals surface area contributed by atoms with Crippen LogP contribution in [0.1, 0.15) is 10.4 Å². The first-order chi connectivity index (χ1) is 11.0. The fourth-order valence-electron chi connectivity index (χ4n) is 2.12. The van der Waals surface area contributed by atoms with Crippen LogP contribution in [0.25, 0.3) is 0 Å². The van der Waals surface area contributed by atoms with E-state index in [0.717, 1.165) is 0 Å². The number of amides is 1. The molecule has 0 spiro atoms. The van der Waals surface area contributed by atoms with E-state index in [-0.39, 0.29) is 11.1 Å². The third-order valence-corrected chi connectivity index (χ3v) is 3.29. The van der Waals surface area contributed by atoms with Crippen LogP contribution in [-0.2, 0) is 7.05 Å². The first-order valence-electron chi connectivity index (χ1n) is 6.78. The van der Waals surface area contributed by atoms with Crippen LogP contribution in [0.4, 0.5) is 5.69 Å².